The standard InChI is InChI=1S/C20H21N3O2/c24-20(25-14-15-4-2-1-3-5-15)23-10-7-16(8-11-23)17-12-19-18(22-13-17)6-9-21-19/h1-5,7,12-13,21H,6,8-11,14H2. The average molecular weight is 335 g/mol. The van der Waals surface area contributed by atoms with Gasteiger partial charge in [-0.3, -0.25) is 4.98 Å². The van der Waals surface area contributed by atoms with Gasteiger partial charge in [0.15, 0.2) is 0 Å². The molecule has 0 spiro atoms. The molecule has 0 radical (unpaired) electrons. The van der Waals surface area contributed by atoms with Gasteiger partial charge in [-0.05, 0) is 29.2 Å². The number of anilines is 1. The van der Waals surface area contributed by atoms with Crippen molar-refractivity contribution in [3.05, 3.63) is 65.5 Å². The van der Waals surface area contributed by atoms with Gasteiger partial charge in [-0.2, -0.15) is 0 Å². The van der Waals surface area contributed by atoms with Gasteiger partial charge in [0.1, 0.15) is 6.61 Å². The molecule has 1 amide bonds. The Bertz CT molecular complexity index is 802. The zero-order valence-corrected chi connectivity index (χ0v) is 14.1. The van der Waals surface area contributed by atoms with Crippen LogP contribution in [0.3, 0.4) is 0 Å². The lowest BCUT2D eigenvalue weighted by atomic mass is 10.0. The zero-order valence-electron chi connectivity index (χ0n) is 14.1. The monoisotopic (exact) mass is 335 g/mol. The van der Waals surface area contributed by atoms with Crippen molar-refractivity contribution in [2.24, 2.45) is 0 Å². The summed E-state index contributed by atoms with van der Waals surface area (Å²) in [6.45, 7) is 2.52. The number of nitrogens with one attached hydrogen (secondary N) is 1. The fraction of sp³-hybridized carbons (Fsp3) is 0.300. The molecule has 0 bridgehead atoms. The Morgan fingerprint density at radius 1 is 1.24 bits per heavy atom. The van der Waals surface area contributed by atoms with E-state index in [1.165, 1.54) is 5.57 Å². The highest BCUT2D eigenvalue weighted by atomic mass is 16.6. The van der Waals surface area contributed by atoms with Crippen LogP contribution in [0.1, 0.15) is 23.2 Å². The summed E-state index contributed by atoms with van der Waals surface area (Å²) in [4.78, 5) is 18.5. The highest BCUT2D eigenvalue weighted by Crippen LogP contribution is 2.28. The number of amides is 1. The Hall–Kier alpha value is -2.82. The minimum atomic E-state index is -0.257. The molecule has 5 heteroatoms. The van der Waals surface area contributed by atoms with E-state index in [2.05, 4.69) is 22.4 Å². The molecule has 0 fully saturated rings. The van der Waals surface area contributed by atoms with E-state index < -0.39 is 0 Å². The van der Waals surface area contributed by atoms with E-state index in [9.17, 15) is 4.79 Å². The maximum atomic E-state index is 12.2. The van der Waals surface area contributed by atoms with Crippen molar-refractivity contribution < 1.29 is 9.53 Å². The Morgan fingerprint density at radius 3 is 2.92 bits per heavy atom. The summed E-state index contributed by atoms with van der Waals surface area (Å²) in [7, 11) is 0. The smallest absolute Gasteiger partial charge is 0.410 e. The molecule has 4 rings (SSSR count). The summed E-state index contributed by atoms with van der Waals surface area (Å²) in [5.74, 6) is 0. The molecule has 2 aromatic rings. The van der Waals surface area contributed by atoms with Gasteiger partial charge in [-0.1, -0.05) is 36.4 Å². The fourth-order valence-electron chi connectivity index (χ4n) is 3.24. The Labute approximate surface area is 147 Å². The summed E-state index contributed by atoms with van der Waals surface area (Å²) in [6, 6.07) is 11.9. The predicted octanol–water partition coefficient (Wildman–Crippen LogP) is 3.48. The second-order valence-corrected chi connectivity index (χ2v) is 6.36. The van der Waals surface area contributed by atoms with E-state index in [4.69, 9.17) is 4.74 Å². The number of fused-ring (bicyclic) bond motifs is 1. The highest BCUT2D eigenvalue weighted by Gasteiger charge is 2.20. The van der Waals surface area contributed by atoms with Crippen LogP contribution < -0.4 is 5.32 Å². The lowest BCUT2D eigenvalue weighted by Gasteiger charge is -2.26. The van der Waals surface area contributed by atoms with Crippen molar-refractivity contribution in [2.75, 3.05) is 25.0 Å². The number of carbonyl (C=O) groups excluding carboxylic acids is 1. The predicted molar refractivity (Wildman–Crippen MR) is 97.2 cm³/mol. The first-order chi connectivity index (χ1) is 12.3. The van der Waals surface area contributed by atoms with E-state index in [1.54, 1.807) is 4.90 Å². The molecule has 1 aromatic carbocycles. The van der Waals surface area contributed by atoms with Crippen LogP contribution in [-0.2, 0) is 17.8 Å². The van der Waals surface area contributed by atoms with Crippen molar-refractivity contribution in [1.29, 1.82) is 0 Å². The largest absolute Gasteiger partial charge is 0.445 e. The molecule has 0 aliphatic carbocycles. The van der Waals surface area contributed by atoms with Gasteiger partial charge in [-0.25, -0.2) is 4.79 Å². The van der Waals surface area contributed by atoms with E-state index in [1.807, 2.05) is 36.5 Å². The topological polar surface area (TPSA) is 54.5 Å². The van der Waals surface area contributed by atoms with Crippen molar-refractivity contribution in [1.82, 2.24) is 9.88 Å². The summed E-state index contributed by atoms with van der Waals surface area (Å²) in [5, 5.41) is 3.36. The molecule has 1 aromatic heterocycles. The minimum Gasteiger partial charge on any atom is -0.445 e. The first-order valence-electron chi connectivity index (χ1n) is 8.67. The number of ether oxygens (including phenoxy) is 1. The Kier molecular flexibility index (Phi) is 4.37. The van der Waals surface area contributed by atoms with Crippen molar-refractivity contribution >= 4 is 17.4 Å². The summed E-state index contributed by atoms with van der Waals surface area (Å²) >= 11 is 0. The molecule has 2 aliphatic rings. The van der Waals surface area contributed by atoms with E-state index in [0.717, 1.165) is 41.9 Å². The Balaban J connectivity index is 1.36. The molecule has 25 heavy (non-hydrogen) atoms. The highest BCUT2D eigenvalue weighted by molar-refractivity contribution is 5.74. The average Bonchev–Trinajstić information content (AvgIpc) is 3.15. The molecule has 0 unspecified atom stereocenters. The number of pyridine rings is 1. The number of nitrogens with zero attached hydrogens (tertiary/aromatic N) is 2. The van der Waals surface area contributed by atoms with Crippen LogP contribution in [0.4, 0.5) is 10.5 Å². The molecule has 5 nitrogen and oxygen atoms in total. The molecular formula is C20H21N3O2. The second kappa shape index (κ2) is 6.97. The molecule has 0 saturated carbocycles. The maximum Gasteiger partial charge on any atom is 0.410 e. The van der Waals surface area contributed by atoms with E-state index in [-0.39, 0.29) is 6.09 Å². The van der Waals surface area contributed by atoms with Gasteiger partial charge < -0.3 is 15.0 Å². The second-order valence-electron chi connectivity index (χ2n) is 6.36. The molecular weight excluding hydrogens is 314 g/mol. The third-order valence-electron chi connectivity index (χ3n) is 4.69. The number of aromatic nitrogens is 1. The maximum absolute atomic E-state index is 12.2. The van der Waals surface area contributed by atoms with E-state index >= 15 is 0 Å². The fourth-order valence-corrected chi connectivity index (χ4v) is 3.24. The van der Waals surface area contributed by atoms with Gasteiger partial charge in [0, 0.05) is 32.3 Å². The summed E-state index contributed by atoms with van der Waals surface area (Å²) < 4.78 is 5.40. The van der Waals surface area contributed by atoms with Crippen LogP contribution >= 0.6 is 0 Å². The van der Waals surface area contributed by atoms with Gasteiger partial charge >= 0.3 is 6.09 Å². The summed E-state index contributed by atoms with van der Waals surface area (Å²) in [6.07, 6.45) is 5.61. The first kappa shape index (κ1) is 15.7. The number of hydrogen-bond donors (Lipinski definition) is 1. The minimum absolute atomic E-state index is 0.257. The SMILES string of the molecule is O=C(OCc1ccccc1)N1CC=C(c2cnc3c(c2)NCC3)CC1. The molecule has 3 heterocycles. The summed E-state index contributed by atoms with van der Waals surface area (Å²) in [5.41, 5.74) is 5.68. The molecule has 128 valence electrons. The van der Waals surface area contributed by atoms with Crippen molar-refractivity contribution in [2.45, 2.75) is 19.4 Å². The quantitative estimate of drug-likeness (QED) is 0.933. The normalized spacial score (nSPS) is 16.0. The molecule has 0 saturated heterocycles. The number of carbonyl (C=O) groups is 1. The first-order valence-corrected chi connectivity index (χ1v) is 8.67. The van der Waals surface area contributed by atoms with E-state index in [0.29, 0.717) is 19.7 Å². The van der Waals surface area contributed by atoms with Gasteiger partial charge in [0.05, 0.1) is 11.4 Å². The molecule has 0 atom stereocenters. The van der Waals surface area contributed by atoms with Crippen molar-refractivity contribution in [3.63, 3.8) is 0 Å². The third-order valence-corrected chi connectivity index (χ3v) is 4.69. The third kappa shape index (κ3) is 3.50. The van der Waals surface area contributed by atoms with Crippen LogP contribution in [0.5, 0.6) is 0 Å². The zero-order chi connectivity index (χ0) is 17.1. The van der Waals surface area contributed by atoms with Gasteiger partial charge in [-0.15, -0.1) is 0 Å². The molecule has 1 N–H and O–H groups in total. The number of hydrogen-bond acceptors (Lipinski definition) is 4. The van der Waals surface area contributed by atoms with Crippen LogP contribution in [0.15, 0.2) is 48.7 Å². The number of rotatable bonds is 3. The lowest BCUT2D eigenvalue weighted by molar-refractivity contribution is 0.0998. The van der Waals surface area contributed by atoms with Crippen LogP contribution in [0.2, 0.25) is 0 Å². The van der Waals surface area contributed by atoms with Crippen LogP contribution in [-0.4, -0.2) is 35.6 Å². The van der Waals surface area contributed by atoms with Gasteiger partial charge in [0.2, 0.25) is 0 Å². The van der Waals surface area contributed by atoms with Gasteiger partial charge in [0.25, 0.3) is 0 Å². The van der Waals surface area contributed by atoms with Crippen molar-refractivity contribution in [3.8, 4) is 0 Å². The number of benzene rings is 1. The Morgan fingerprint density at radius 2 is 2.12 bits per heavy atom. The molecule has 2 aliphatic heterocycles. The van der Waals surface area contributed by atoms with Crippen LogP contribution in [0.25, 0.3) is 5.57 Å². The van der Waals surface area contributed by atoms with Crippen LogP contribution in [0, 0.1) is 0 Å². The lowest BCUT2D eigenvalue weighted by Crippen LogP contribution is -2.35.